The highest BCUT2D eigenvalue weighted by Crippen LogP contribution is 2.23. The number of carbonyl (C=O) groups excluding carboxylic acids is 1. The lowest BCUT2D eigenvalue weighted by Crippen LogP contribution is -2.05. The number of unbranched alkanes of at least 4 members (excludes halogenated alkanes) is 5. The summed E-state index contributed by atoms with van der Waals surface area (Å²) < 4.78 is 11.3. The molecule has 0 unspecified atom stereocenters. The number of hydrogen-bond donors (Lipinski definition) is 0. The quantitative estimate of drug-likeness (QED) is 0.172. The van der Waals surface area contributed by atoms with E-state index in [2.05, 4.69) is 24.0 Å². The molecule has 0 bridgehead atoms. The van der Waals surface area contributed by atoms with Crippen LogP contribution in [0.2, 0.25) is 0 Å². The highest BCUT2D eigenvalue weighted by molar-refractivity contribution is 6.12. The first-order valence-electron chi connectivity index (χ1n) is 12.1. The smallest absolute Gasteiger partial charge is 0.363 e. The lowest BCUT2D eigenvalue weighted by Gasteiger charge is -2.06. The molecule has 4 rings (SSSR count). The molecule has 4 heteroatoms. The number of aliphatic imine (C=N–C) groups is 1. The SMILES string of the molecule is CCCCCCCCOc1ccc(C=C2N=C(c3ccc(-c4ccccc4)cc3)OC2=O)cc1. The molecule has 0 saturated heterocycles. The van der Waals surface area contributed by atoms with E-state index < -0.39 is 5.97 Å². The molecule has 0 radical (unpaired) electrons. The number of nitrogens with zero attached hydrogens (tertiary/aromatic N) is 1. The summed E-state index contributed by atoms with van der Waals surface area (Å²) in [5.74, 6) is 0.729. The first kappa shape index (κ1) is 23.5. The first-order valence-corrected chi connectivity index (χ1v) is 12.1. The third-order valence-corrected chi connectivity index (χ3v) is 5.81. The molecule has 3 aromatic carbocycles. The maximum absolute atomic E-state index is 12.4. The molecule has 1 heterocycles. The molecule has 0 atom stereocenters. The van der Waals surface area contributed by atoms with Crippen molar-refractivity contribution in [3.8, 4) is 16.9 Å². The normalized spacial score (nSPS) is 14.2. The van der Waals surface area contributed by atoms with Gasteiger partial charge in [0.1, 0.15) is 5.75 Å². The van der Waals surface area contributed by atoms with Crippen molar-refractivity contribution >= 4 is 17.9 Å². The number of benzene rings is 3. The van der Waals surface area contributed by atoms with Crippen LogP contribution in [0.1, 0.15) is 56.6 Å². The fourth-order valence-electron chi connectivity index (χ4n) is 3.86. The summed E-state index contributed by atoms with van der Waals surface area (Å²) in [4.78, 5) is 16.8. The van der Waals surface area contributed by atoms with Gasteiger partial charge in [0.05, 0.1) is 6.61 Å². The van der Waals surface area contributed by atoms with E-state index in [9.17, 15) is 4.79 Å². The summed E-state index contributed by atoms with van der Waals surface area (Å²) in [6.45, 7) is 2.96. The highest BCUT2D eigenvalue weighted by Gasteiger charge is 2.24. The fourth-order valence-corrected chi connectivity index (χ4v) is 3.86. The number of ether oxygens (including phenoxy) is 2. The highest BCUT2D eigenvalue weighted by atomic mass is 16.6. The van der Waals surface area contributed by atoms with Crippen LogP contribution in [-0.2, 0) is 9.53 Å². The zero-order valence-electron chi connectivity index (χ0n) is 19.7. The van der Waals surface area contributed by atoms with Gasteiger partial charge in [-0.3, -0.25) is 0 Å². The molecule has 0 fully saturated rings. The maximum atomic E-state index is 12.4. The van der Waals surface area contributed by atoms with Crippen molar-refractivity contribution < 1.29 is 14.3 Å². The Kier molecular flexibility index (Phi) is 8.28. The predicted molar refractivity (Wildman–Crippen MR) is 138 cm³/mol. The molecule has 0 spiro atoms. The Morgan fingerprint density at radius 1 is 0.765 bits per heavy atom. The van der Waals surface area contributed by atoms with Gasteiger partial charge in [0.15, 0.2) is 5.70 Å². The number of rotatable bonds is 11. The van der Waals surface area contributed by atoms with E-state index in [1.807, 2.05) is 66.7 Å². The Balaban J connectivity index is 1.34. The Labute approximate surface area is 202 Å². The van der Waals surface area contributed by atoms with Crippen LogP contribution in [-0.4, -0.2) is 18.5 Å². The van der Waals surface area contributed by atoms with E-state index in [4.69, 9.17) is 9.47 Å². The Morgan fingerprint density at radius 2 is 1.41 bits per heavy atom. The number of esters is 1. The minimum Gasteiger partial charge on any atom is -0.494 e. The van der Waals surface area contributed by atoms with Gasteiger partial charge >= 0.3 is 5.97 Å². The molecule has 4 nitrogen and oxygen atoms in total. The molecule has 174 valence electrons. The van der Waals surface area contributed by atoms with E-state index in [0.29, 0.717) is 11.6 Å². The monoisotopic (exact) mass is 453 g/mol. The predicted octanol–water partition coefficient (Wildman–Crippen LogP) is 7.44. The van der Waals surface area contributed by atoms with Crippen LogP contribution in [0.3, 0.4) is 0 Å². The largest absolute Gasteiger partial charge is 0.494 e. The minimum atomic E-state index is -0.439. The molecule has 0 N–H and O–H groups in total. The van der Waals surface area contributed by atoms with Crippen molar-refractivity contribution in [2.24, 2.45) is 4.99 Å². The van der Waals surface area contributed by atoms with Gasteiger partial charge in [-0.2, -0.15) is 0 Å². The molecule has 0 aliphatic carbocycles. The molecular weight excluding hydrogens is 422 g/mol. The summed E-state index contributed by atoms with van der Waals surface area (Å²) in [5.41, 5.74) is 4.18. The summed E-state index contributed by atoms with van der Waals surface area (Å²) in [7, 11) is 0. The Morgan fingerprint density at radius 3 is 2.15 bits per heavy atom. The van der Waals surface area contributed by atoms with Crippen LogP contribution < -0.4 is 4.74 Å². The van der Waals surface area contributed by atoms with Crippen LogP contribution in [0.5, 0.6) is 5.75 Å². The summed E-state index contributed by atoms with van der Waals surface area (Å²) >= 11 is 0. The van der Waals surface area contributed by atoms with Gasteiger partial charge in [0.2, 0.25) is 5.90 Å². The van der Waals surface area contributed by atoms with E-state index in [1.54, 1.807) is 6.08 Å². The average Bonchev–Trinajstić information content (AvgIpc) is 3.25. The van der Waals surface area contributed by atoms with Crippen molar-refractivity contribution in [3.05, 3.63) is 95.7 Å². The zero-order chi connectivity index (χ0) is 23.6. The van der Waals surface area contributed by atoms with E-state index in [-0.39, 0.29) is 0 Å². The fraction of sp³-hybridized carbons (Fsp3) is 0.267. The van der Waals surface area contributed by atoms with Gasteiger partial charge in [-0.25, -0.2) is 9.79 Å². The second kappa shape index (κ2) is 12.0. The van der Waals surface area contributed by atoms with Crippen molar-refractivity contribution in [3.63, 3.8) is 0 Å². The van der Waals surface area contributed by atoms with Gasteiger partial charge < -0.3 is 9.47 Å². The Hall–Kier alpha value is -3.66. The zero-order valence-corrected chi connectivity index (χ0v) is 19.7. The lowest BCUT2D eigenvalue weighted by atomic mass is 10.0. The molecule has 0 saturated carbocycles. The molecule has 0 amide bonds. The van der Waals surface area contributed by atoms with Crippen molar-refractivity contribution in [1.29, 1.82) is 0 Å². The molecule has 0 aromatic heterocycles. The van der Waals surface area contributed by atoms with Gasteiger partial charge in [0, 0.05) is 5.56 Å². The average molecular weight is 454 g/mol. The van der Waals surface area contributed by atoms with Crippen molar-refractivity contribution in [2.75, 3.05) is 6.61 Å². The maximum Gasteiger partial charge on any atom is 0.363 e. The second-order valence-electron chi connectivity index (χ2n) is 8.46. The standard InChI is InChI=1S/C30H31NO3/c1-2-3-4-5-6-10-21-33-27-19-13-23(14-20-27)22-28-30(32)34-29(31-28)26-17-15-25(16-18-26)24-11-8-7-9-12-24/h7-9,11-20,22H,2-6,10,21H2,1H3. The van der Waals surface area contributed by atoms with Crippen LogP contribution >= 0.6 is 0 Å². The van der Waals surface area contributed by atoms with Crippen LogP contribution in [0, 0.1) is 0 Å². The van der Waals surface area contributed by atoms with Gasteiger partial charge in [0.25, 0.3) is 0 Å². The first-order chi connectivity index (χ1) is 16.7. The van der Waals surface area contributed by atoms with Gasteiger partial charge in [-0.1, -0.05) is 93.6 Å². The molecule has 34 heavy (non-hydrogen) atoms. The summed E-state index contributed by atoms with van der Waals surface area (Å²) in [6.07, 6.45) is 9.20. The second-order valence-corrected chi connectivity index (χ2v) is 8.46. The van der Waals surface area contributed by atoms with E-state index in [1.165, 1.54) is 32.1 Å². The van der Waals surface area contributed by atoms with Crippen molar-refractivity contribution in [1.82, 2.24) is 0 Å². The van der Waals surface area contributed by atoms with Crippen LogP contribution in [0.25, 0.3) is 17.2 Å². The van der Waals surface area contributed by atoms with Crippen molar-refractivity contribution in [2.45, 2.75) is 45.4 Å². The molecule has 1 aliphatic rings. The van der Waals surface area contributed by atoms with Crippen LogP contribution in [0.4, 0.5) is 0 Å². The third-order valence-electron chi connectivity index (χ3n) is 5.81. The van der Waals surface area contributed by atoms with Gasteiger partial charge in [-0.15, -0.1) is 0 Å². The number of carbonyl (C=O) groups is 1. The summed E-state index contributed by atoms with van der Waals surface area (Å²) in [6, 6.07) is 25.7. The summed E-state index contributed by atoms with van der Waals surface area (Å²) in [5, 5.41) is 0. The van der Waals surface area contributed by atoms with Gasteiger partial charge in [-0.05, 0) is 53.5 Å². The topological polar surface area (TPSA) is 47.9 Å². The molecule has 1 aliphatic heterocycles. The molecule has 3 aromatic rings. The van der Waals surface area contributed by atoms with Crippen LogP contribution in [0.15, 0.2) is 89.6 Å². The molecular formula is C30H31NO3. The Bertz CT molecular complexity index is 1130. The van der Waals surface area contributed by atoms with E-state index in [0.717, 1.165) is 41.0 Å². The van der Waals surface area contributed by atoms with E-state index >= 15 is 0 Å². The minimum absolute atomic E-state index is 0.294. The number of cyclic esters (lactones) is 1. The third kappa shape index (κ3) is 6.44. The lowest BCUT2D eigenvalue weighted by molar-refractivity contribution is -0.129. The number of hydrogen-bond acceptors (Lipinski definition) is 4.